The van der Waals surface area contributed by atoms with Crippen molar-refractivity contribution in [2.24, 2.45) is 0 Å². The molecule has 0 saturated heterocycles. The Morgan fingerprint density at radius 2 is 1.88 bits per heavy atom. The minimum atomic E-state index is -4.60. The van der Waals surface area contributed by atoms with Crippen LogP contribution in [0.25, 0.3) is 16.6 Å². The molecule has 164 valence electrons. The first-order valence-corrected chi connectivity index (χ1v) is 9.70. The number of benzene rings is 2. The SMILES string of the molecule is Cc1nn(CC(=O)Nc2cc(C(F)(F)F)ccc2Cl)c(=O)c2c1cnn2-c1ccccc1. The summed E-state index contributed by atoms with van der Waals surface area (Å²) < 4.78 is 41.3. The fourth-order valence-corrected chi connectivity index (χ4v) is 3.38. The van der Waals surface area contributed by atoms with Gasteiger partial charge in [0.05, 0.1) is 33.9 Å². The summed E-state index contributed by atoms with van der Waals surface area (Å²) >= 11 is 5.92. The Bertz CT molecular complexity index is 1380. The van der Waals surface area contributed by atoms with E-state index in [1.165, 1.54) is 10.9 Å². The summed E-state index contributed by atoms with van der Waals surface area (Å²) in [5.74, 6) is -0.759. The van der Waals surface area contributed by atoms with Gasteiger partial charge in [-0.1, -0.05) is 29.8 Å². The van der Waals surface area contributed by atoms with Gasteiger partial charge in [-0.2, -0.15) is 23.4 Å². The predicted octanol–water partition coefficient (Wildman–Crippen LogP) is 4.20. The van der Waals surface area contributed by atoms with Gasteiger partial charge in [0, 0.05) is 5.39 Å². The number of carbonyl (C=O) groups excluding carboxylic acids is 1. The Morgan fingerprint density at radius 1 is 1.16 bits per heavy atom. The largest absolute Gasteiger partial charge is 0.416 e. The molecule has 0 aliphatic carbocycles. The highest BCUT2D eigenvalue weighted by Crippen LogP contribution is 2.33. The van der Waals surface area contributed by atoms with E-state index in [2.05, 4.69) is 15.5 Å². The van der Waals surface area contributed by atoms with Crippen LogP contribution in [0.5, 0.6) is 0 Å². The van der Waals surface area contributed by atoms with Gasteiger partial charge < -0.3 is 5.32 Å². The summed E-state index contributed by atoms with van der Waals surface area (Å²) in [6, 6.07) is 11.5. The molecule has 0 aliphatic rings. The second-order valence-electron chi connectivity index (χ2n) is 6.94. The van der Waals surface area contributed by atoms with Crippen molar-refractivity contribution in [1.82, 2.24) is 19.6 Å². The van der Waals surface area contributed by atoms with E-state index in [9.17, 15) is 22.8 Å². The van der Waals surface area contributed by atoms with Crippen molar-refractivity contribution in [3.8, 4) is 5.69 Å². The fraction of sp³-hybridized carbons (Fsp3) is 0.143. The maximum absolute atomic E-state index is 13.1. The summed E-state index contributed by atoms with van der Waals surface area (Å²) in [5.41, 5.74) is -0.405. The smallest absolute Gasteiger partial charge is 0.323 e. The summed E-state index contributed by atoms with van der Waals surface area (Å²) in [6.45, 7) is 1.14. The number of carbonyl (C=O) groups is 1. The molecule has 2 aromatic carbocycles. The number of anilines is 1. The lowest BCUT2D eigenvalue weighted by Gasteiger charge is -2.12. The van der Waals surface area contributed by atoms with Crippen LogP contribution in [0.15, 0.2) is 59.5 Å². The number of hydrogen-bond acceptors (Lipinski definition) is 4. The number of amides is 1. The molecule has 0 radical (unpaired) electrons. The molecule has 2 aromatic heterocycles. The van der Waals surface area contributed by atoms with Gasteiger partial charge in [-0.25, -0.2) is 9.36 Å². The summed E-state index contributed by atoms with van der Waals surface area (Å²) in [4.78, 5) is 25.6. The van der Waals surface area contributed by atoms with Crippen LogP contribution < -0.4 is 10.9 Å². The van der Waals surface area contributed by atoms with Gasteiger partial charge in [0.25, 0.3) is 5.56 Å². The fourth-order valence-electron chi connectivity index (χ4n) is 3.22. The van der Waals surface area contributed by atoms with E-state index in [0.29, 0.717) is 16.8 Å². The highest BCUT2D eigenvalue weighted by atomic mass is 35.5. The summed E-state index contributed by atoms with van der Waals surface area (Å²) in [7, 11) is 0. The maximum Gasteiger partial charge on any atom is 0.416 e. The third kappa shape index (κ3) is 4.09. The first-order valence-electron chi connectivity index (χ1n) is 9.32. The number of hydrogen-bond donors (Lipinski definition) is 1. The van der Waals surface area contributed by atoms with Crippen molar-refractivity contribution < 1.29 is 18.0 Å². The zero-order valence-electron chi connectivity index (χ0n) is 16.5. The molecule has 0 unspecified atom stereocenters. The van der Waals surface area contributed by atoms with Crippen LogP contribution in [0.4, 0.5) is 18.9 Å². The molecule has 1 amide bonds. The Labute approximate surface area is 184 Å². The molecule has 0 atom stereocenters. The molecule has 0 fully saturated rings. The molecular weight excluding hydrogens is 447 g/mol. The quantitative estimate of drug-likeness (QED) is 0.494. The normalized spacial score (nSPS) is 11.7. The van der Waals surface area contributed by atoms with Gasteiger partial charge >= 0.3 is 6.18 Å². The Morgan fingerprint density at radius 3 is 2.56 bits per heavy atom. The lowest BCUT2D eigenvalue weighted by atomic mass is 10.2. The minimum Gasteiger partial charge on any atom is -0.323 e. The van der Waals surface area contributed by atoms with Gasteiger partial charge in [-0.15, -0.1) is 0 Å². The van der Waals surface area contributed by atoms with Crippen LogP contribution in [0, 0.1) is 6.92 Å². The Kier molecular flexibility index (Phi) is 5.47. The van der Waals surface area contributed by atoms with Crippen molar-refractivity contribution >= 4 is 34.1 Å². The highest BCUT2D eigenvalue weighted by molar-refractivity contribution is 6.33. The van der Waals surface area contributed by atoms with Gasteiger partial charge in [-0.05, 0) is 37.3 Å². The van der Waals surface area contributed by atoms with Gasteiger partial charge in [-0.3, -0.25) is 9.59 Å². The van der Waals surface area contributed by atoms with Crippen LogP contribution in [0.3, 0.4) is 0 Å². The van der Waals surface area contributed by atoms with Crippen molar-refractivity contribution in [2.75, 3.05) is 5.32 Å². The van der Waals surface area contributed by atoms with Crippen molar-refractivity contribution in [2.45, 2.75) is 19.6 Å². The van der Waals surface area contributed by atoms with Crippen molar-refractivity contribution in [3.05, 3.63) is 81.4 Å². The van der Waals surface area contributed by atoms with Gasteiger partial charge in [0.1, 0.15) is 12.1 Å². The predicted molar refractivity (Wildman–Crippen MR) is 113 cm³/mol. The highest BCUT2D eigenvalue weighted by Gasteiger charge is 2.31. The van der Waals surface area contributed by atoms with E-state index < -0.39 is 29.8 Å². The number of halogens is 4. The third-order valence-corrected chi connectivity index (χ3v) is 5.06. The standard InChI is InChI=1S/C21H15ClF3N5O2/c1-12-15-10-26-30(14-5-3-2-4-6-14)19(15)20(32)29(28-12)11-18(31)27-17-9-13(21(23,24)25)7-8-16(17)22/h2-10H,11H2,1H3,(H,27,31). The van der Waals surface area contributed by atoms with E-state index in [1.54, 1.807) is 31.2 Å². The molecule has 32 heavy (non-hydrogen) atoms. The number of nitrogens with one attached hydrogen (secondary N) is 1. The van der Waals surface area contributed by atoms with Crippen LogP contribution >= 0.6 is 11.6 Å². The molecule has 4 rings (SSSR count). The minimum absolute atomic E-state index is 0.0690. The lowest BCUT2D eigenvalue weighted by Crippen LogP contribution is -2.31. The molecule has 11 heteroatoms. The van der Waals surface area contributed by atoms with E-state index in [-0.39, 0.29) is 16.2 Å². The topological polar surface area (TPSA) is 81.8 Å². The molecule has 2 heterocycles. The number of alkyl halides is 3. The molecule has 4 aromatic rings. The number of aryl methyl sites for hydroxylation is 1. The second kappa shape index (κ2) is 8.12. The molecule has 1 N–H and O–H groups in total. The molecule has 0 bridgehead atoms. The van der Waals surface area contributed by atoms with Crippen LogP contribution in [0.2, 0.25) is 5.02 Å². The number of aromatic nitrogens is 4. The zero-order valence-corrected chi connectivity index (χ0v) is 17.3. The van der Waals surface area contributed by atoms with E-state index in [4.69, 9.17) is 11.6 Å². The summed E-state index contributed by atoms with van der Waals surface area (Å²) in [6.07, 6.45) is -3.08. The van der Waals surface area contributed by atoms with Gasteiger partial charge in [0.2, 0.25) is 5.91 Å². The molecular formula is C21H15ClF3N5O2. The molecule has 7 nitrogen and oxygen atoms in total. The maximum atomic E-state index is 13.1. The molecule has 0 spiro atoms. The van der Waals surface area contributed by atoms with E-state index >= 15 is 0 Å². The monoisotopic (exact) mass is 461 g/mol. The average molecular weight is 462 g/mol. The van der Waals surface area contributed by atoms with Crippen LogP contribution in [0.1, 0.15) is 11.3 Å². The lowest BCUT2D eigenvalue weighted by molar-refractivity contribution is -0.137. The Balaban J connectivity index is 1.68. The number of para-hydroxylation sites is 1. The zero-order chi connectivity index (χ0) is 23.0. The number of nitrogens with zero attached hydrogens (tertiary/aromatic N) is 4. The average Bonchev–Trinajstić information content (AvgIpc) is 3.19. The van der Waals surface area contributed by atoms with E-state index in [1.807, 2.05) is 6.07 Å². The number of fused-ring (bicyclic) bond motifs is 1. The van der Waals surface area contributed by atoms with Crippen LogP contribution in [-0.4, -0.2) is 25.5 Å². The van der Waals surface area contributed by atoms with Gasteiger partial charge in [0.15, 0.2) is 0 Å². The number of rotatable bonds is 4. The molecule has 0 aliphatic heterocycles. The first kappa shape index (κ1) is 21.6. The summed E-state index contributed by atoms with van der Waals surface area (Å²) in [5, 5.41) is 11.2. The van der Waals surface area contributed by atoms with Crippen LogP contribution in [-0.2, 0) is 17.5 Å². The molecule has 0 saturated carbocycles. The van der Waals surface area contributed by atoms with E-state index in [0.717, 1.165) is 22.9 Å². The third-order valence-electron chi connectivity index (χ3n) is 4.73. The first-order chi connectivity index (χ1) is 15.1. The van der Waals surface area contributed by atoms with Crippen molar-refractivity contribution in [1.29, 1.82) is 0 Å². The van der Waals surface area contributed by atoms with Crippen molar-refractivity contribution in [3.63, 3.8) is 0 Å². The second-order valence-corrected chi connectivity index (χ2v) is 7.35. The Hall–Kier alpha value is -3.66.